The van der Waals surface area contributed by atoms with Crippen LogP contribution < -0.4 is 0 Å². The molecule has 0 bridgehead atoms. The van der Waals surface area contributed by atoms with E-state index in [0.717, 1.165) is 21.3 Å². The van der Waals surface area contributed by atoms with Crippen molar-refractivity contribution in [3.05, 3.63) is 30.3 Å². The number of hydrogen-bond donors (Lipinski definition) is 3. The molecule has 0 spiro atoms. The van der Waals surface area contributed by atoms with Crippen LogP contribution in [0.2, 0.25) is 0 Å². The van der Waals surface area contributed by atoms with E-state index in [1.807, 2.05) is 30.3 Å². The standard InChI is InChI=1S/C5H5.C2HF6Ge.3CH4O.Hf/c1-2-4-5-3-1;3-1(4,5)9-2(6,7)8;3*1-2;/h1-5H;9H;3*2H,1H3;/q-1;;;;;. The van der Waals surface area contributed by atoms with Gasteiger partial charge >= 0.3 is 51.8 Å². The van der Waals surface area contributed by atoms with E-state index >= 15 is 0 Å². The molecule has 0 saturated carbocycles. The number of aliphatic hydroxyl groups excluding tert-OH is 3. The molecule has 3 nitrogen and oxygen atoms in total. The van der Waals surface area contributed by atoms with Crippen LogP contribution in [0.3, 0.4) is 0 Å². The molecule has 1 radical (unpaired) electrons. The minimum Gasteiger partial charge on any atom is -0.214 e. The molecule has 0 aliphatic heterocycles. The van der Waals surface area contributed by atoms with Crippen molar-refractivity contribution in [2.45, 2.75) is 10.0 Å². The second-order valence-corrected chi connectivity index (χ2v) is 5.54. The molecule has 0 saturated heterocycles. The zero-order valence-corrected chi connectivity index (χ0v) is 17.6. The van der Waals surface area contributed by atoms with Crippen molar-refractivity contribution in [2.75, 3.05) is 21.3 Å². The Hall–Kier alpha value is 0.223. The van der Waals surface area contributed by atoms with Crippen molar-refractivity contribution in [3.63, 3.8) is 0 Å². The first-order valence-corrected chi connectivity index (χ1v) is 7.14. The van der Waals surface area contributed by atoms with Crippen LogP contribution in [0.1, 0.15) is 0 Å². The minimum absolute atomic E-state index is 0. The van der Waals surface area contributed by atoms with Gasteiger partial charge in [-0.05, 0) is 0 Å². The molecule has 0 aromatic heterocycles. The average molecular weight is 551 g/mol. The summed E-state index contributed by atoms with van der Waals surface area (Å²) in [7, 11) is 3.00. The summed E-state index contributed by atoms with van der Waals surface area (Å²) in [5.41, 5.74) is 0. The second kappa shape index (κ2) is 22.5. The first kappa shape index (κ1) is 33.0. The van der Waals surface area contributed by atoms with Crippen molar-refractivity contribution < 1.29 is 67.5 Å². The Balaban J connectivity index is -0.0000000606. The van der Waals surface area contributed by atoms with Crippen LogP contribution in [-0.2, 0) is 25.8 Å². The van der Waals surface area contributed by atoms with Gasteiger partial charge < -0.3 is 15.3 Å². The molecule has 0 amide bonds. The van der Waals surface area contributed by atoms with Gasteiger partial charge in [-0.3, -0.25) is 0 Å². The summed E-state index contributed by atoms with van der Waals surface area (Å²) < 4.78 is 65.4. The molecule has 0 aliphatic carbocycles. The maximum absolute atomic E-state index is 10.9. The third-order valence-corrected chi connectivity index (χ3v) is 2.26. The number of halogens is 6. The molecule has 1 aromatic carbocycles. The predicted molar refractivity (Wildman–Crippen MR) is 65.7 cm³/mol. The van der Waals surface area contributed by atoms with Gasteiger partial charge in [-0.25, -0.2) is 12.1 Å². The summed E-state index contributed by atoms with van der Waals surface area (Å²) in [5.74, 6) is 0. The average Bonchev–Trinajstić information content (AvgIpc) is 2.91. The first-order valence-electron chi connectivity index (χ1n) is 4.72. The van der Waals surface area contributed by atoms with E-state index < -0.39 is 25.4 Å². The monoisotopic (exact) mass is 554 g/mol. The van der Waals surface area contributed by atoms with Gasteiger partial charge in [0.15, 0.2) is 0 Å². The van der Waals surface area contributed by atoms with Crippen LogP contribution in [0, 0.1) is 0 Å². The Morgan fingerprint density at radius 3 is 1.00 bits per heavy atom. The van der Waals surface area contributed by atoms with Gasteiger partial charge in [-0.15, -0.1) is 0 Å². The van der Waals surface area contributed by atoms with Gasteiger partial charge in [0.1, 0.15) is 0 Å². The fourth-order valence-electron chi connectivity index (χ4n) is 0.506. The SMILES string of the molecule is CO.CO.CO.F[C](F)(F)[GeH][C](F)(F)F.[Hf].c1cc[cH-]c1. The molecule has 11 heteroatoms. The van der Waals surface area contributed by atoms with Gasteiger partial charge in [0.2, 0.25) is 0 Å². The molecular weight excluding hydrogens is 533 g/mol. The quantitative estimate of drug-likeness (QED) is 0.262. The Bertz CT molecular complexity index is 213. The smallest absolute Gasteiger partial charge is 0 e. The van der Waals surface area contributed by atoms with Gasteiger partial charge in [0.25, 0.3) is 0 Å². The van der Waals surface area contributed by atoms with Crippen LogP contribution in [0.4, 0.5) is 26.3 Å². The molecule has 127 valence electrons. The van der Waals surface area contributed by atoms with Crippen LogP contribution >= 0.6 is 0 Å². The van der Waals surface area contributed by atoms with E-state index in [2.05, 4.69) is 0 Å². The molecule has 1 aromatic rings. The first-order chi connectivity index (χ1) is 9.21. The third kappa shape index (κ3) is 53.3. The van der Waals surface area contributed by atoms with Crippen molar-refractivity contribution in [1.82, 2.24) is 0 Å². The summed E-state index contributed by atoms with van der Waals surface area (Å²) in [5, 5.41) is 11.0. The summed E-state index contributed by atoms with van der Waals surface area (Å²) in [4.78, 5) is 0. The van der Waals surface area contributed by atoms with Crippen LogP contribution in [0.25, 0.3) is 0 Å². The maximum Gasteiger partial charge on any atom is 0 e. The van der Waals surface area contributed by atoms with E-state index in [1.165, 1.54) is 0 Å². The molecule has 3 N–H and O–H groups in total. The number of alkyl halides is 6. The van der Waals surface area contributed by atoms with Crippen molar-refractivity contribution >= 4 is 15.4 Å². The summed E-state index contributed by atoms with van der Waals surface area (Å²) >= 11 is -4.06. The van der Waals surface area contributed by atoms with Gasteiger partial charge in [-0.2, -0.15) is 18.2 Å². The van der Waals surface area contributed by atoms with Gasteiger partial charge in [0, 0.05) is 47.2 Å². The van der Waals surface area contributed by atoms with Gasteiger partial charge in [-0.1, -0.05) is 0 Å². The summed E-state index contributed by atoms with van der Waals surface area (Å²) in [6, 6.07) is 10.0. The Morgan fingerprint density at radius 2 is 0.952 bits per heavy atom. The van der Waals surface area contributed by atoms with Crippen molar-refractivity contribution in [1.29, 1.82) is 0 Å². The zero-order valence-electron chi connectivity index (χ0n) is 11.6. The summed E-state index contributed by atoms with van der Waals surface area (Å²) in [6.07, 6.45) is 0. The van der Waals surface area contributed by atoms with E-state index in [9.17, 15) is 26.3 Å². The van der Waals surface area contributed by atoms with Crippen LogP contribution in [0.5, 0.6) is 0 Å². The van der Waals surface area contributed by atoms with E-state index in [0.29, 0.717) is 0 Å². The number of rotatable bonds is 0. The molecule has 0 atom stereocenters. The Labute approximate surface area is 144 Å². The Morgan fingerprint density at radius 1 is 0.714 bits per heavy atom. The predicted octanol–water partition coefficient (Wildman–Crippen LogP) is 1.69. The van der Waals surface area contributed by atoms with Crippen molar-refractivity contribution in [2.24, 2.45) is 0 Å². The zero-order chi connectivity index (χ0) is 17.2. The molecule has 0 aliphatic rings. The fraction of sp³-hybridized carbons (Fsp3) is 0.500. The Kier molecular flexibility index (Phi) is 35.3. The van der Waals surface area contributed by atoms with Gasteiger partial charge in [0.05, 0.1) is 0 Å². The fourth-order valence-corrected chi connectivity index (χ4v) is 1.29. The molecule has 0 heterocycles. The normalized spacial score (nSPS) is 8.76. The molecule has 1 rings (SSSR count). The van der Waals surface area contributed by atoms with Crippen LogP contribution in [-0.4, -0.2) is 62.1 Å². The molecule has 21 heavy (non-hydrogen) atoms. The summed E-state index contributed by atoms with van der Waals surface area (Å²) in [6.45, 7) is 0. The van der Waals surface area contributed by atoms with Crippen molar-refractivity contribution in [3.8, 4) is 0 Å². The number of aliphatic hydroxyl groups is 3. The van der Waals surface area contributed by atoms with Crippen LogP contribution in [0.15, 0.2) is 30.3 Å². The van der Waals surface area contributed by atoms with E-state index in [1.54, 1.807) is 0 Å². The number of hydrogen-bond acceptors (Lipinski definition) is 3. The minimum atomic E-state index is -4.98. The third-order valence-electron chi connectivity index (χ3n) is 0.883. The second-order valence-electron chi connectivity index (χ2n) is 2.19. The van der Waals surface area contributed by atoms with E-state index in [-0.39, 0.29) is 25.8 Å². The molecule has 0 fully saturated rings. The largest absolute Gasteiger partial charge is 0.214 e. The maximum atomic E-state index is 10.9. The molecule has 0 unspecified atom stereocenters. The topological polar surface area (TPSA) is 60.7 Å². The molecular formula is C10H18F6GeHfO3-. The van der Waals surface area contributed by atoms with E-state index in [4.69, 9.17) is 15.3 Å².